The molecule has 0 unspecified atom stereocenters. The van der Waals surface area contributed by atoms with E-state index in [2.05, 4.69) is 290 Å². The second-order valence-electron chi connectivity index (χ2n) is 19.3. The first kappa shape index (κ1) is 42.1. The monoisotopic (exact) mass is 906 g/mol. The van der Waals surface area contributed by atoms with Crippen molar-refractivity contribution in [1.29, 1.82) is 0 Å². The fourth-order valence-electron chi connectivity index (χ4n) is 11.2. The molecule has 0 fully saturated rings. The topological polar surface area (TPSA) is 8.17 Å². The van der Waals surface area contributed by atoms with Crippen LogP contribution in [0.25, 0.3) is 94.3 Å². The minimum Gasteiger partial charge on any atom is -0.311 e. The standard InChI is InChI=1S/C69H50N2/c1-69(2)64-26-14-12-23-61(64)62-42-35-52(46-65(62)69)54-43-53(44-55(45-54)60-25-16-28-67-68(60)63-24-13-15-27-66(63)71(67)56-21-10-5-11-22-56)51-33-40-59(41-34-51)70(57-36-29-49(30-37-57)47-17-6-3-7-18-47)58-38-31-50(32-39-58)48-19-8-4-9-20-48/h3-46H,1-2H3. The summed E-state index contributed by atoms with van der Waals surface area (Å²) in [6, 6.07) is 97.9. The van der Waals surface area contributed by atoms with Crippen LogP contribution in [0.5, 0.6) is 0 Å². The van der Waals surface area contributed by atoms with Gasteiger partial charge in [-0.2, -0.15) is 0 Å². The van der Waals surface area contributed by atoms with Gasteiger partial charge in [0.15, 0.2) is 0 Å². The fourth-order valence-corrected chi connectivity index (χ4v) is 11.2. The zero-order valence-corrected chi connectivity index (χ0v) is 39.8. The van der Waals surface area contributed by atoms with Crippen molar-refractivity contribution in [3.05, 3.63) is 278 Å². The third-order valence-electron chi connectivity index (χ3n) is 14.8. The van der Waals surface area contributed by atoms with Crippen LogP contribution in [0.3, 0.4) is 0 Å². The molecule has 71 heavy (non-hydrogen) atoms. The molecule has 1 aliphatic rings. The van der Waals surface area contributed by atoms with Gasteiger partial charge in [0.1, 0.15) is 0 Å². The summed E-state index contributed by atoms with van der Waals surface area (Å²) in [6.45, 7) is 4.74. The van der Waals surface area contributed by atoms with E-state index in [9.17, 15) is 0 Å². The van der Waals surface area contributed by atoms with Crippen molar-refractivity contribution < 1.29 is 0 Å². The average Bonchev–Trinajstić information content (AvgIpc) is 3.90. The van der Waals surface area contributed by atoms with E-state index < -0.39 is 0 Å². The predicted octanol–water partition coefficient (Wildman–Crippen LogP) is 18.9. The van der Waals surface area contributed by atoms with Gasteiger partial charge in [0.2, 0.25) is 0 Å². The molecule has 0 atom stereocenters. The van der Waals surface area contributed by atoms with Gasteiger partial charge in [0.05, 0.1) is 11.0 Å². The highest BCUT2D eigenvalue weighted by Gasteiger charge is 2.35. The smallest absolute Gasteiger partial charge is 0.0547 e. The van der Waals surface area contributed by atoms with Gasteiger partial charge in [-0.1, -0.05) is 196 Å². The summed E-state index contributed by atoms with van der Waals surface area (Å²) in [5.74, 6) is 0. The van der Waals surface area contributed by atoms with Gasteiger partial charge in [-0.3, -0.25) is 0 Å². The first-order chi connectivity index (χ1) is 35.0. The predicted molar refractivity (Wildman–Crippen MR) is 300 cm³/mol. The Kier molecular flexibility index (Phi) is 10.2. The number of nitrogens with zero attached hydrogens (tertiary/aromatic N) is 2. The summed E-state index contributed by atoms with van der Waals surface area (Å²) < 4.78 is 2.41. The maximum Gasteiger partial charge on any atom is 0.0547 e. The normalized spacial score (nSPS) is 12.5. The molecular formula is C69H50N2. The first-order valence-corrected chi connectivity index (χ1v) is 24.7. The molecule has 0 N–H and O–H groups in total. The van der Waals surface area contributed by atoms with Crippen LogP contribution >= 0.6 is 0 Å². The quantitative estimate of drug-likeness (QED) is 0.140. The molecular weight excluding hydrogens is 857 g/mol. The highest BCUT2D eigenvalue weighted by Crippen LogP contribution is 2.50. The number of rotatable bonds is 9. The first-order valence-electron chi connectivity index (χ1n) is 24.7. The fraction of sp³-hybridized carbons (Fsp3) is 0.0435. The second kappa shape index (κ2) is 17.2. The minimum absolute atomic E-state index is 0.112. The Labute approximate surface area is 416 Å². The molecule has 336 valence electrons. The summed E-state index contributed by atoms with van der Waals surface area (Å²) in [5, 5.41) is 2.49. The molecule has 13 rings (SSSR count). The van der Waals surface area contributed by atoms with E-state index in [0.717, 1.165) is 28.3 Å². The third-order valence-corrected chi connectivity index (χ3v) is 14.8. The van der Waals surface area contributed by atoms with Crippen LogP contribution in [0.15, 0.2) is 267 Å². The van der Waals surface area contributed by atoms with Gasteiger partial charge in [-0.05, 0) is 163 Å². The molecule has 0 saturated carbocycles. The van der Waals surface area contributed by atoms with Crippen molar-refractivity contribution >= 4 is 38.9 Å². The second-order valence-corrected chi connectivity index (χ2v) is 19.3. The molecule has 1 heterocycles. The summed E-state index contributed by atoms with van der Waals surface area (Å²) in [5.41, 5.74) is 24.1. The molecule has 0 saturated heterocycles. The lowest BCUT2D eigenvalue weighted by Crippen LogP contribution is -2.14. The van der Waals surface area contributed by atoms with E-state index in [-0.39, 0.29) is 5.41 Å². The van der Waals surface area contributed by atoms with E-state index in [1.807, 2.05) is 0 Å². The van der Waals surface area contributed by atoms with Crippen LogP contribution in [0.1, 0.15) is 25.0 Å². The van der Waals surface area contributed by atoms with E-state index in [1.165, 1.54) is 94.1 Å². The zero-order valence-electron chi connectivity index (χ0n) is 39.8. The molecule has 2 heteroatoms. The van der Waals surface area contributed by atoms with Crippen LogP contribution in [-0.2, 0) is 5.41 Å². The van der Waals surface area contributed by atoms with Crippen LogP contribution in [0.4, 0.5) is 17.1 Å². The minimum atomic E-state index is -0.112. The highest BCUT2D eigenvalue weighted by atomic mass is 15.1. The highest BCUT2D eigenvalue weighted by molar-refractivity contribution is 6.16. The van der Waals surface area contributed by atoms with E-state index in [0.29, 0.717) is 0 Å². The average molecular weight is 907 g/mol. The lowest BCUT2D eigenvalue weighted by Gasteiger charge is -2.26. The Balaban J connectivity index is 0.960. The number of benzene rings is 11. The van der Waals surface area contributed by atoms with Crippen LogP contribution in [-0.4, -0.2) is 4.57 Å². The molecule has 0 radical (unpaired) electrons. The molecule has 12 aromatic rings. The maximum absolute atomic E-state index is 2.45. The molecule has 0 aliphatic heterocycles. The summed E-state index contributed by atoms with van der Waals surface area (Å²) in [4.78, 5) is 2.36. The molecule has 0 spiro atoms. The summed E-state index contributed by atoms with van der Waals surface area (Å²) in [6.07, 6.45) is 0. The largest absolute Gasteiger partial charge is 0.311 e. The Morgan fingerprint density at radius 3 is 1.35 bits per heavy atom. The van der Waals surface area contributed by atoms with Crippen molar-refractivity contribution in [2.24, 2.45) is 0 Å². The number of hydrogen-bond acceptors (Lipinski definition) is 1. The van der Waals surface area contributed by atoms with Crippen molar-refractivity contribution in [2.45, 2.75) is 19.3 Å². The van der Waals surface area contributed by atoms with Crippen molar-refractivity contribution in [3.63, 3.8) is 0 Å². The van der Waals surface area contributed by atoms with Crippen LogP contribution in [0, 0.1) is 0 Å². The molecule has 1 aliphatic carbocycles. The van der Waals surface area contributed by atoms with Crippen LogP contribution in [0.2, 0.25) is 0 Å². The number of hydrogen-bond donors (Lipinski definition) is 0. The van der Waals surface area contributed by atoms with Crippen molar-refractivity contribution in [3.8, 4) is 72.4 Å². The van der Waals surface area contributed by atoms with E-state index in [4.69, 9.17) is 0 Å². The van der Waals surface area contributed by atoms with Gasteiger partial charge in [0.25, 0.3) is 0 Å². The van der Waals surface area contributed by atoms with E-state index >= 15 is 0 Å². The Hall–Kier alpha value is -8.98. The number of aromatic nitrogens is 1. The Bertz CT molecular complexity index is 3820. The number of para-hydroxylation sites is 2. The van der Waals surface area contributed by atoms with Gasteiger partial charge in [-0.25, -0.2) is 0 Å². The number of anilines is 3. The third kappa shape index (κ3) is 7.35. The van der Waals surface area contributed by atoms with Gasteiger partial charge in [-0.15, -0.1) is 0 Å². The lowest BCUT2D eigenvalue weighted by atomic mass is 9.81. The van der Waals surface area contributed by atoms with E-state index in [1.54, 1.807) is 0 Å². The lowest BCUT2D eigenvalue weighted by molar-refractivity contribution is 0.660. The van der Waals surface area contributed by atoms with Crippen LogP contribution < -0.4 is 4.90 Å². The maximum atomic E-state index is 2.45. The van der Waals surface area contributed by atoms with Crippen molar-refractivity contribution in [1.82, 2.24) is 4.57 Å². The van der Waals surface area contributed by atoms with Crippen molar-refractivity contribution in [2.75, 3.05) is 4.90 Å². The summed E-state index contributed by atoms with van der Waals surface area (Å²) >= 11 is 0. The molecule has 2 nitrogen and oxygen atoms in total. The summed E-state index contributed by atoms with van der Waals surface area (Å²) in [7, 11) is 0. The van der Waals surface area contributed by atoms with Gasteiger partial charge < -0.3 is 9.47 Å². The van der Waals surface area contributed by atoms with Gasteiger partial charge in [0, 0.05) is 38.9 Å². The molecule has 0 bridgehead atoms. The SMILES string of the molecule is CC1(C)c2ccccc2-c2ccc(-c3cc(-c4ccc(N(c5ccc(-c6ccccc6)cc5)c5ccc(-c6ccccc6)cc5)cc4)cc(-c4cccc5c4c4ccccc4n5-c4ccccc4)c3)cc21. The Morgan fingerprint density at radius 1 is 0.296 bits per heavy atom. The zero-order chi connectivity index (χ0) is 47.5. The molecule has 11 aromatic carbocycles. The molecule has 1 aromatic heterocycles. The van der Waals surface area contributed by atoms with Gasteiger partial charge >= 0.3 is 0 Å². The number of fused-ring (bicyclic) bond motifs is 6. The molecule has 0 amide bonds. The Morgan fingerprint density at radius 2 is 0.732 bits per heavy atom.